The van der Waals surface area contributed by atoms with Crippen molar-refractivity contribution in [1.82, 2.24) is 5.16 Å². The van der Waals surface area contributed by atoms with Gasteiger partial charge in [-0.3, -0.25) is 4.79 Å². The number of nitrogens with one attached hydrogen (secondary N) is 1. The molecule has 0 spiro atoms. The van der Waals surface area contributed by atoms with Crippen molar-refractivity contribution in [3.05, 3.63) is 41.7 Å². The molecule has 116 valence electrons. The highest BCUT2D eigenvalue weighted by molar-refractivity contribution is 5.92. The molecule has 7 nitrogen and oxygen atoms in total. The highest BCUT2D eigenvalue weighted by Gasteiger charge is 2.10. The Labute approximate surface area is 127 Å². The summed E-state index contributed by atoms with van der Waals surface area (Å²) in [5.41, 5.74) is 1.73. The minimum atomic E-state index is -0.667. The summed E-state index contributed by atoms with van der Waals surface area (Å²) in [6, 6.07) is 8.82. The fourth-order valence-electron chi connectivity index (χ4n) is 1.57. The molecule has 22 heavy (non-hydrogen) atoms. The van der Waals surface area contributed by atoms with Crippen molar-refractivity contribution in [2.75, 3.05) is 18.5 Å². The van der Waals surface area contributed by atoms with Crippen LogP contribution < -0.4 is 10.1 Å². The zero-order valence-corrected chi connectivity index (χ0v) is 12.3. The predicted molar refractivity (Wildman–Crippen MR) is 77.5 cm³/mol. The number of hydrogen-bond acceptors (Lipinski definition) is 6. The van der Waals surface area contributed by atoms with Crippen LogP contribution in [-0.4, -0.2) is 30.2 Å². The van der Waals surface area contributed by atoms with E-state index >= 15 is 0 Å². The maximum atomic E-state index is 11.6. The minimum Gasteiger partial charge on any atom is -0.463 e. The molecule has 1 heterocycles. The van der Waals surface area contributed by atoms with Gasteiger partial charge in [0.15, 0.2) is 13.2 Å². The molecule has 0 radical (unpaired) electrons. The number of ether oxygens (including phenoxy) is 2. The van der Waals surface area contributed by atoms with E-state index in [4.69, 9.17) is 14.0 Å². The van der Waals surface area contributed by atoms with Crippen LogP contribution in [0.2, 0.25) is 0 Å². The van der Waals surface area contributed by atoms with Gasteiger partial charge >= 0.3 is 5.97 Å². The Morgan fingerprint density at radius 1 is 1.18 bits per heavy atom. The lowest BCUT2D eigenvalue weighted by Gasteiger charge is -2.07. The number of benzene rings is 1. The lowest BCUT2D eigenvalue weighted by molar-refractivity contribution is -0.149. The second-order valence-electron chi connectivity index (χ2n) is 4.64. The third-order valence-corrected chi connectivity index (χ3v) is 2.64. The van der Waals surface area contributed by atoms with Gasteiger partial charge in [-0.25, -0.2) is 4.79 Å². The normalized spacial score (nSPS) is 10.1. The van der Waals surface area contributed by atoms with Gasteiger partial charge < -0.3 is 19.3 Å². The third kappa shape index (κ3) is 4.93. The number of aryl methyl sites for hydroxylation is 2. The van der Waals surface area contributed by atoms with Crippen LogP contribution in [0.25, 0.3) is 0 Å². The summed E-state index contributed by atoms with van der Waals surface area (Å²) < 4.78 is 14.6. The zero-order chi connectivity index (χ0) is 15.9. The number of carbonyl (C=O) groups is 2. The van der Waals surface area contributed by atoms with Crippen molar-refractivity contribution in [1.29, 1.82) is 0 Å². The van der Waals surface area contributed by atoms with E-state index in [0.717, 1.165) is 5.56 Å². The first kappa shape index (κ1) is 15.6. The second kappa shape index (κ2) is 7.26. The highest BCUT2D eigenvalue weighted by Crippen LogP contribution is 2.10. The van der Waals surface area contributed by atoms with Crippen LogP contribution in [0.3, 0.4) is 0 Å². The number of aromatic nitrogens is 1. The number of nitrogens with zero attached hydrogens (tertiary/aromatic N) is 1. The summed E-state index contributed by atoms with van der Waals surface area (Å²) in [6.07, 6.45) is 0. The molecule has 0 fully saturated rings. The van der Waals surface area contributed by atoms with Gasteiger partial charge in [0.1, 0.15) is 5.76 Å². The number of amides is 1. The van der Waals surface area contributed by atoms with E-state index in [9.17, 15) is 9.59 Å². The average Bonchev–Trinajstić information content (AvgIpc) is 2.91. The molecule has 1 aromatic heterocycles. The molecule has 0 atom stereocenters. The van der Waals surface area contributed by atoms with E-state index in [2.05, 4.69) is 10.5 Å². The van der Waals surface area contributed by atoms with Gasteiger partial charge in [-0.15, -0.1) is 0 Å². The summed E-state index contributed by atoms with van der Waals surface area (Å²) in [5, 5.41) is 6.18. The summed E-state index contributed by atoms with van der Waals surface area (Å²) in [5.74, 6) is -0.325. The molecule has 0 aliphatic carbocycles. The Balaban J connectivity index is 1.69. The first-order valence-corrected chi connectivity index (χ1v) is 6.61. The molecule has 0 aliphatic rings. The lowest BCUT2D eigenvalue weighted by Crippen LogP contribution is -2.23. The molecule has 0 bridgehead atoms. The van der Waals surface area contributed by atoms with E-state index < -0.39 is 11.9 Å². The molecule has 2 rings (SSSR count). The first-order valence-electron chi connectivity index (χ1n) is 6.61. The molecule has 7 heteroatoms. The van der Waals surface area contributed by atoms with Crippen molar-refractivity contribution >= 4 is 17.6 Å². The molecule has 1 aromatic carbocycles. The Morgan fingerprint density at radius 3 is 2.55 bits per heavy atom. The van der Waals surface area contributed by atoms with Crippen LogP contribution in [0.1, 0.15) is 11.3 Å². The Bertz CT molecular complexity index is 648. The van der Waals surface area contributed by atoms with Crippen molar-refractivity contribution in [2.24, 2.45) is 0 Å². The quantitative estimate of drug-likeness (QED) is 0.819. The standard InChI is InChI=1S/C15H16N2O5/c1-10-3-5-12(6-4-10)16-13(18)8-21-15(19)9-20-14-7-11(2)22-17-14/h3-7H,8-9H2,1-2H3,(H,16,18). The molecule has 0 saturated carbocycles. The molecule has 0 saturated heterocycles. The van der Waals surface area contributed by atoms with E-state index in [1.165, 1.54) is 6.07 Å². The fraction of sp³-hybridized carbons (Fsp3) is 0.267. The molecular weight excluding hydrogens is 288 g/mol. The summed E-state index contributed by atoms with van der Waals surface area (Å²) >= 11 is 0. The van der Waals surface area contributed by atoms with Gasteiger partial charge in [-0.1, -0.05) is 17.7 Å². The smallest absolute Gasteiger partial charge is 0.344 e. The maximum Gasteiger partial charge on any atom is 0.344 e. The number of hydrogen-bond donors (Lipinski definition) is 1. The molecule has 2 aromatic rings. The fourth-order valence-corrected chi connectivity index (χ4v) is 1.57. The van der Waals surface area contributed by atoms with E-state index in [1.807, 2.05) is 19.1 Å². The Hall–Kier alpha value is -2.83. The van der Waals surface area contributed by atoms with Crippen LogP contribution in [-0.2, 0) is 14.3 Å². The molecule has 1 amide bonds. The van der Waals surface area contributed by atoms with E-state index in [0.29, 0.717) is 11.4 Å². The van der Waals surface area contributed by atoms with Crippen molar-refractivity contribution in [2.45, 2.75) is 13.8 Å². The van der Waals surface area contributed by atoms with Crippen LogP contribution in [0.5, 0.6) is 5.88 Å². The van der Waals surface area contributed by atoms with Crippen molar-refractivity contribution in [3.63, 3.8) is 0 Å². The number of carbonyl (C=O) groups excluding carboxylic acids is 2. The van der Waals surface area contributed by atoms with Crippen LogP contribution in [0.15, 0.2) is 34.9 Å². The van der Waals surface area contributed by atoms with E-state index in [1.54, 1.807) is 19.1 Å². The third-order valence-electron chi connectivity index (χ3n) is 2.64. The average molecular weight is 304 g/mol. The highest BCUT2D eigenvalue weighted by atomic mass is 16.6. The van der Waals surface area contributed by atoms with Crippen LogP contribution in [0.4, 0.5) is 5.69 Å². The van der Waals surface area contributed by atoms with Gasteiger partial charge in [0.25, 0.3) is 11.8 Å². The monoisotopic (exact) mass is 304 g/mol. The van der Waals surface area contributed by atoms with Gasteiger partial charge in [0.05, 0.1) is 0 Å². The number of esters is 1. The molecule has 0 aliphatic heterocycles. The number of anilines is 1. The van der Waals surface area contributed by atoms with Crippen molar-refractivity contribution < 1.29 is 23.6 Å². The number of rotatable bonds is 6. The zero-order valence-electron chi connectivity index (χ0n) is 12.3. The van der Waals surface area contributed by atoms with Gasteiger partial charge in [-0.05, 0) is 31.1 Å². The molecular formula is C15H16N2O5. The summed E-state index contributed by atoms with van der Waals surface area (Å²) in [7, 11) is 0. The molecule has 0 unspecified atom stereocenters. The van der Waals surface area contributed by atoms with Gasteiger partial charge in [-0.2, -0.15) is 0 Å². The lowest BCUT2D eigenvalue weighted by atomic mass is 10.2. The minimum absolute atomic E-state index is 0.193. The SMILES string of the molecule is Cc1ccc(NC(=O)COC(=O)COc2cc(C)on2)cc1. The van der Waals surface area contributed by atoms with Crippen LogP contribution >= 0.6 is 0 Å². The predicted octanol–water partition coefficient (Wildman–Crippen LogP) is 1.85. The van der Waals surface area contributed by atoms with Gasteiger partial charge in [0, 0.05) is 11.8 Å². The van der Waals surface area contributed by atoms with Gasteiger partial charge in [0.2, 0.25) is 0 Å². The summed E-state index contributed by atoms with van der Waals surface area (Å²) in [6.45, 7) is 2.93. The Morgan fingerprint density at radius 2 is 1.91 bits per heavy atom. The van der Waals surface area contributed by atoms with Crippen molar-refractivity contribution in [3.8, 4) is 5.88 Å². The topological polar surface area (TPSA) is 90.7 Å². The largest absolute Gasteiger partial charge is 0.463 e. The van der Waals surface area contributed by atoms with Crippen LogP contribution in [0, 0.1) is 13.8 Å². The Kier molecular flexibility index (Phi) is 5.13. The van der Waals surface area contributed by atoms with E-state index in [-0.39, 0.29) is 19.1 Å². The molecule has 1 N–H and O–H groups in total. The maximum absolute atomic E-state index is 11.6. The second-order valence-corrected chi connectivity index (χ2v) is 4.64. The first-order chi connectivity index (χ1) is 10.5. The summed E-state index contributed by atoms with van der Waals surface area (Å²) in [4.78, 5) is 23.1.